The standard InChI is InChI=1S/C19H14N4O5S2/c1-2-28-17(24)9-22-14-8-12(23(26)27)4-6-15(14)30-19(22)21-18(25)11-3-5-13-16(7-11)29-10-20-13/h3-8,10H,2,9H2,1H3. The van der Waals surface area contributed by atoms with Gasteiger partial charge in [-0.25, -0.2) is 4.98 Å². The Labute approximate surface area is 177 Å². The average Bonchev–Trinajstić information content (AvgIpc) is 3.32. The number of nitro groups is 1. The highest BCUT2D eigenvalue weighted by Gasteiger charge is 2.16. The van der Waals surface area contributed by atoms with Crippen LogP contribution in [-0.2, 0) is 16.1 Å². The fraction of sp³-hybridized carbons (Fsp3) is 0.158. The second-order valence-corrected chi connectivity index (χ2v) is 8.03. The van der Waals surface area contributed by atoms with Crippen molar-refractivity contribution >= 4 is 60.7 Å². The number of benzene rings is 2. The summed E-state index contributed by atoms with van der Waals surface area (Å²) < 4.78 is 8.00. The first-order valence-electron chi connectivity index (χ1n) is 8.82. The highest BCUT2D eigenvalue weighted by atomic mass is 32.1. The van der Waals surface area contributed by atoms with Crippen molar-refractivity contribution in [2.75, 3.05) is 6.61 Å². The van der Waals surface area contributed by atoms with Crippen LogP contribution in [0.15, 0.2) is 46.9 Å². The van der Waals surface area contributed by atoms with Crippen LogP contribution in [0.5, 0.6) is 0 Å². The van der Waals surface area contributed by atoms with Gasteiger partial charge >= 0.3 is 5.97 Å². The lowest BCUT2D eigenvalue weighted by Gasteiger charge is -2.05. The lowest BCUT2D eigenvalue weighted by Crippen LogP contribution is -2.23. The van der Waals surface area contributed by atoms with Crippen LogP contribution in [0, 0.1) is 10.1 Å². The van der Waals surface area contributed by atoms with Crippen molar-refractivity contribution < 1.29 is 19.2 Å². The summed E-state index contributed by atoms with van der Waals surface area (Å²) in [6, 6.07) is 9.41. The minimum absolute atomic E-state index is 0.119. The molecule has 0 saturated carbocycles. The fourth-order valence-corrected chi connectivity index (χ4v) is 4.61. The SMILES string of the molecule is CCOC(=O)Cn1c(=NC(=O)c2ccc3ncsc3c2)sc2ccc([N+](=O)[O-])cc21. The van der Waals surface area contributed by atoms with E-state index < -0.39 is 16.8 Å². The van der Waals surface area contributed by atoms with Crippen LogP contribution in [0.3, 0.4) is 0 Å². The summed E-state index contributed by atoms with van der Waals surface area (Å²) in [5, 5.41) is 11.2. The third kappa shape index (κ3) is 3.84. The number of thiazole rings is 2. The molecule has 0 N–H and O–H groups in total. The number of ether oxygens (including phenoxy) is 1. The van der Waals surface area contributed by atoms with Crippen molar-refractivity contribution in [2.24, 2.45) is 4.99 Å². The molecule has 152 valence electrons. The van der Waals surface area contributed by atoms with Gasteiger partial charge in [-0.3, -0.25) is 19.7 Å². The number of hydrogen-bond acceptors (Lipinski definition) is 8. The molecule has 0 unspecified atom stereocenters. The predicted molar refractivity (Wildman–Crippen MR) is 113 cm³/mol. The van der Waals surface area contributed by atoms with Crippen LogP contribution in [0.25, 0.3) is 20.4 Å². The number of rotatable bonds is 5. The number of amides is 1. The minimum atomic E-state index is -0.524. The van der Waals surface area contributed by atoms with Gasteiger partial charge in [0.15, 0.2) is 4.80 Å². The van der Waals surface area contributed by atoms with Gasteiger partial charge in [0.2, 0.25) is 0 Å². The maximum Gasteiger partial charge on any atom is 0.326 e. The fourth-order valence-electron chi connectivity index (χ4n) is 2.88. The predicted octanol–water partition coefficient (Wildman–Crippen LogP) is 3.52. The van der Waals surface area contributed by atoms with Gasteiger partial charge in [-0.05, 0) is 31.2 Å². The van der Waals surface area contributed by atoms with E-state index in [0.717, 1.165) is 10.2 Å². The van der Waals surface area contributed by atoms with Crippen LogP contribution in [0.4, 0.5) is 5.69 Å². The molecule has 0 bridgehead atoms. The summed E-state index contributed by atoms with van der Waals surface area (Å²) >= 11 is 2.59. The maximum absolute atomic E-state index is 12.8. The van der Waals surface area contributed by atoms with Crippen molar-refractivity contribution in [1.29, 1.82) is 0 Å². The highest BCUT2D eigenvalue weighted by molar-refractivity contribution is 7.17. The highest BCUT2D eigenvalue weighted by Crippen LogP contribution is 2.24. The van der Waals surface area contributed by atoms with Gasteiger partial charge < -0.3 is 9.30 Å². The molecular weight excluding hydrogens is 428 g/mol. The van der Waals surface area contributed by atoms with Gasteiger partial charge in [0.1, 0.15) is 6.54 Å². The molecule has 11 heteroatoms. The number of nitro benzene ring substituents is 1. The van der Waals surface area contributed by atoms with Crippen LogP contribution in [0.2, 0.25) is 0 Å². The molecule has 4 aromatic rings. The van der Waals surface area contributed by atoms with Crippen molar-refractivity contribution in [3.05, 3.63) is 62.4 Å². The van der Waals surface area contributed by atoms with Crippen LogP contribution in [-0.4, -0.2) is 33.0 Å². The van der Waals surface area contributed by atoms with E-state index in [0.29, 0.717) is 15.8 Å². The summed E-state index contributed by atoms with van der Waals surface area (Å²) in [7, 11) is 0. The Bertz CT molecular complexity index is 1370. The Morgan fingerprint density at radius 2 is 2.07 bits per heavy atom. The van der Waals surface area contributed by atoms with E-state index in [2.05, 4.69) is 9.98 Å². The van der Waals surface area contributed by atoms with Gasteiger partial charge in [-0.2, -0.15) is 4.99 Å². The topological polar surface area (TPSA) is 117 Å². The first-order valence-corrected chi connectivity index (χ1v) is 10.5. The molecule has 30 heavy (non-hydrogen) atoms. The first kappa shape index (κ1) is 19.9. The molecule has 0 aliphatic heterocycles. The van der Waals surface area contributed by atoms with Crippen LogP contribution < -0.4 is 4.80 Å². The van der Waals surface area contributed by atoms with E-state index in [1.807, 2.05) is 0 Å². The summed E-state index contributed by atoms with van der Waals surface area (Å²) in [6.07, 6.45) is 0. The Morgan fingerprint density at radius 3 is 2.83 bits per heavy atom. The van der Waals surface area contributed by atoms with Crippen molar-refractivity contribution in [3.8, 4) is 0 Å². The molecule has 0 fully saturated rings. The molecule has 0 aliphatic carbocycles. The van der Waals surface area contributed by atoms with Crippen LogP contribution in [0.1, 0.15) is 17.3 Å². The monoisotopic (exact) mass is 442 g/mol. The Morgan fingerprint density at radius 1 is 1.23 bits per heavy atom. The Kier molecular flexibility index (Phi) is 5.38. The molecule has 9 nitrogen and oxygen atoms in total. The normalized spacial score (nSPS) is 11.8. The first-order chi connectivity index (χ1) is 14.5. The van der Waals surface area contributed by atoms with E-state index in [-0.39, 0.29) is 23.6 Å². The largest absolute Gasteiger partial charge is 0.465 e. The van der Waals surface area contributed by atoms with E-state index >= 15 is 0 Å². The molecule has 0 radical (unpaired) electrons. The molecule has 0 spiro atoms. The van der Waals surface area contributed by atoms with Crippen molar-refractivity contribution in [3.63, 3.8) is 0 Å². The van der Waals surface area contributed by atoms with E-state index in [9.17, 15) is 19.7 Å². The quantitative estimate of drug-likeness (QED) is 0.265. The van der Waals surface area contributed by atoms with Gasteiger partial charge in [-0.1, -0.05) is 11.3 Å². The summed E-state index contributed by atoms with van der Waals surface area (Å²) in [4.78, 5) is 44.2. The zero-order valence-electron chi connectivity index (χ0n) is 15.6. The molecule has 2 heterocycles. The summed E-state index contributed by atoms with van der Waals surface area (Å²) in [5.74, 6) is -1.01. The molecule has 2 aromatic heterocycles. The Balaban J connectivity index is 1.83. The molecule has 2 aromatic carbocycles. The molecule has 0 saturated heterocycles. The van der Waals surface area contributed by atoms with Gasteiger partial charge in [0.05, 0.1) is 37.5 Å². The second-order valence-electron chi connectivity index (χ2n) is 6.14. The third-order valence-electron chi connectivity index (χ3n) is 4.24. The number of carbonyl (C=O) groups is 2. The van der Waals surface area contributed by atoms with E-state index in [4.69, 9.17) is 4.74 Å². The van der Waals surface area contributed by atoms with Crippen LogP contribution >= 0.6 is 22.7 Å². The van der Waals surface area contributed by atoms with Gasteiger partial charge in [0, 0.05) is 17.7 Å². The molecule has 0 atom stereocenters. The number of carbonyl (C=O) groups excluding carboxylic acids is 2. The minimum Gasteiger partial charge on any atom is -0.465 e. The van der Waals surface area contributed by atoms with E-state index in [1.54, 1.807) is 36.7 Å². The van der Waals surface area contributed by atoms with Gasteiger partial charge in [0.25, 0.3) is 11.6 Å². The number of hydrogen-bond donors (Lipinski definition) is 0. The lowest BCUT2D eigenvalue weighted by molar-refractivity contribution is -0.384. The number of nitrogens with zero attached hydrogens (tertiary/aromatic N) is 4. The van der Waals surface area contributed by atoms with Gasteiger partial charge in [-0.15, -0.1) is 11.3 Å². The van der Waals surface area contributed by atoms with Crippen molar-refractivity contribution in [1.82, 2.24) is 9.55 Å². The zero-order valence-corrected chi connectivity index (χ0v) is 17.2. The molecule has 0 aliphatic rings. The number of esters is 1. The van der Waals surface area contributed by atoms with Crippen molar-refractivity contribution in [2.45, 2.75) is 13.5 Å². The molecule has 1 amide bonds. The average molecular weight is 442 g/mol. The zero-order chi connectivity index (χ0) is 21.3. The maximum atomic E-state index is 12.8. The second kappa shape index (κ2) is 8.13. The number of fused-ring (bicyclic) bond motifs is 2. The third-order valence-corrected chi connectivity index (χ3v) is 6.10. The lowest BCUT2D eigenvalue weighted by atomic mass is 10.2. The number of aromatic nitrogens is 2. The molecular formula is C19H14N4O5S2. The van der Waals surface area contributed by atoms with E-state index in [1.165, 1.54) is 39.4 Å². The number of non-ortho nitro benzene ring substituents is 1. The summed E-state index contributed by atoms with van der Waals surface area (Å²) in [5.41, 5.74) is 3.20. The Hall–Kier alpha value is -3.44. The summed E-state index contributed by atoms with van der Waals surface area (Å²) in [6.45, 7) is 1.67. The smallest absolute Gasteiger partial charge is 0.326 e. The molecule has 4 rings (SSSR count).